The summed E-state index contributed by atoms with van der Waals surface area (Å²) in [5, 5.41) is 11.7. The first-order valence-corrected chi connectivity index (χ1v) is 8.53. The summed E-state index contributed by atoms with van der Waals surface area (Å²) in [5.41, 5.74) is 2.45. The average Bonchev–Trinajstić information content (AvgIpc) is 3.29. The summed E-state index contributed by atoms with van der Waals surface area (Å²) in [7, 11) is 1.69. The zero-order chi connectivity index (χ0) is 19.0. The molecule has 0 bridgehead atoms. The smallest absolute Gasteiger partial charge is 0.257 e. The Morgan fingerprint density at radius 1 is 1.30 bits per heavy atom. The highest BCUT2D eigenvalue weighted by atomic mass is 19.1. The lowest BCUT2D eigenvalue weighted by molar-refractivity contribution is 0.0784. The quantitative estimate of drug-likeness (QED) is 0.757. The van der Waals surface area contributed by atoms with Crippen molar-refractivity contribution < 1.29 is 13.6 Å². The molecule has 0 saturated heterocycles. The van der Waals surface area contributed by atoms with Crippen LogP contribution in [0.15, 0.2) is 36.8 Å². The number of aromatic nitrogens is 4. The Kier molecular flexibility index (Phi) is 4.44. The minimum atomic E-state index is -0.746. The van der Waals surface area contributed by atoms with E-state index in [0.29, 0.717) is 12.1 Å². The summed E-state index contributed by atoms with van der Waals surface area (Å²) in [5.74, 6) is -1.66. The maximum Gasteiger partial charge on any atom is 0.257 e. The molecule has 3 heterocycles. The van der Waals surface area contributed by atoms with E-state index >= 15 is 0 Å². The van der Waals surface area contributed by atoms with Crippen LogP contribution in [0.3, 0.4) is 0 Å². The maximum atomic E-state index is 13.9. The van der Waals surface area contributed by atoms with Crippen LogP contribution in [-0.2, 0) is 19.6 Å². The molecule has 3 aromatic rings. The molecular weight excluding hydrogens is 354 g/mol. The molecule has 1 N–H and O–H groups in total. The fourth-order valence-corrected chi connectivity index (χ4v) is 3.15. The zero-order valence-corrected chi connectivity index (χ0v) is 14.7. The molecular formula is C18H18F2N6O. The first-order valence-electron chi connectivity index (χ1n) is 8.53. The number of hydrogen-bond acceptors (Lipinski definition) is 4. The van der Waals surface area contributed by atoms with Crippen molar-refractivity contribution in [2.45, 2.75) is 19.6 Å². The van der Waals surface area contributed by atoms with E-state index in [1.807, 2.05) is 4.68 Å². The van der Waals surface area contributed by atoms with E-state index in [4.69, 9.17) is 0 Å². The lowest BCUT2D eigenvalue weighted by atomic mass is 10.2. The van der Waals surface area contributed by atoms with Gasteiger partial charge in [0.2, 0.25) is 0 Å². The lowest BCUT2D eigenvalue weighted by Gasteiger charge is -2.19. The third-order valence-electron chi connectivity index (χ3n) is 4.57. The highest BCUT2D eigenvalue weighted by molar-refractivity contribution is 5.93. The molecule has 1 aliphatic heterocycles. The van der Waals surface area contributed by atoms with Gasteiger partial charge in [-0.05, 0) is 12.1 Å². The van der Waals surface area contributed by atoms with E-state index < -0.39 is 11.6 Å². The maximum absolute atomic E-state index is 13.9. The molecule has 1 aliphatic rings. The molecule has 140 valence electrons. The van der Waals surface area contributed by atoms with E-state index in [0.717, 1.165) is 43.0 Å². The molecule has 1 aromatic carbocycles. The van der Waals surface area contributed by atoms with Gasteiger partial charge < -0.3 is 10.2 Å². The highest BCUT2D eigenvalue weighted by Gasteiger charge is 2.20. The zero-order valence-electron chi connectivity index (χ0n) is 14.7. The van der Waals surface area contributed by atoms with Gasteiger partial charge in [0.1, 0.15) is 11.5 Å². The van der Waals surface area contributed by atoms with Crippen LogP contribution in [0.4, 0.5) is 8.78 Å². The van der Waals surface area contributed by atoms with Crippen LogP contribution in [-0.4, -0.2) is 44.0 Å². The number of halogens is 2. The fraction of sp³-hybridized carbons (Fsp3) is 0.278. The number of fused-ring (bicyclic) bond motifs is 1. The third kappa shape index (κ3) is 3.33. The molecule has 4 rings (SSSR count). The molecule has 27 heavy (non-hydrogen) atoms. The van der Waals surface area contributed by atoms with Gasteiger partial charge >= 0.3 is 0 Å². The molecule has 0 aliphatic carbocycles. The van der Waals surface area contributed by atoms with Crippen molar-refractivity contribution in [1.29, 1.82) is 0 Å². The molecule has 7 nitrogen and oxygen atoms in total. The van der Waals surface area contributed by atoms with Crippen molar-refractivity contribution in [2.75, 3.05) is 13.6 Å². The van der Waals surface area contributed by atoms with Crippen LogP contribution in [0.1, 0.15) is 21.6 Å². The molecule has 0 fully saturated rings. The highest BCUT2D eigenvalue weighted by Crippen LogP contribution is 2.17. The Bertz CT molecular complexity index is 996. The van der Waals surface area contributed by atoms with Crippen molar-refractivity contribution in [3.63, 3.8) is 0 Å². The van der Waals surface area contributed by atoms with Crippen LogP contribution in [0, 0.1) is 11.6 Å². The Morgan fingerprint density at radius 3 is 2.96 bits per heavy atom. The molecule has 0 unspecified atom stereocenters. The van der Waals surface area contributed by atoms with Crippen molar-refractivity contribution >= 4 is 5.91 Å². The monoisotopic (exact) mass is 372 g/mol. The molecule has 0 atom stereocenters. The minimum absolute atomic E-state index is 0.0786. The Balaban J connectivity index is 1.51. The number of amides is 1. The van der Waals surface area contributed by atoms with Crippen LogP contribution in [0.5, 0.6) is 0 Å². The van der Waals surface area contributed by atoms with Gasteiger partial charge in [0.05, 0.1) is 30.2 Å². The van der Waals surface area contributed by atoms with Gasteiger partial charge in [0, 0.05) is 44.5 Å². The minimum Gasteiger partial charge on any atom is -0.337 e. The molecule has 0 saturated carbocycles. The first kappa shape index (κ1) is 17.3. The van der Waals surface area contributed by atoms with Gasteiger partial charge in [0.15, 0.2) is 5.82 Å². The molecule has 2 aromatic heterocycles. The fourth-order valence-electron chi connectivity index (χ4n) is 3.15. The third-order valence-corrected chi connectivity index (χ3v) is 4.57. The predicted molar refractivity (Wildman–Crippen MR) is 93.2 cm³/mol. The Morgan fingerprint density at radius 2 is 2.15 bits per heavy atom. The second-order valence-corrected chi connectivity index (χ2v) is 6.45. The number of nitrogens with one attached hydrogen (secondary N) is 1. The number of nitrogens with zero attached hydrogens (tertiary/aromatic N) is 5. The number of hydrogen-bond donors (Lipinski definition) is 1. The van der Waals surface area contributed by atoms with Gasteiger partial charge in [-0.2, -0.15) is 10.2 Å². The van der Waals surface area contributed by atoms with E-state index in [9.17, 15) is 13.6 Å². The van der Waals surface area contributed by atoms with Gasteiger partial charge in [-0.15, -0.1) is 0 Å². The van der Waals surface area contributed by atoms with Crippen LogP contribution in [0.25, 0.3) is 5.69 Å². The number of carbonyl (C=O) groups is 1. The van der Waals surface area contributed by atoms with Gasteiger partial charge in [-0.3, -0.25) is 9.48 Å². The SMILES string of the molecule is CN(Cc1cnn2c1CNCC2)C(=O)c1cnn(-c2ccc(F)cc2F)c1. The van der Waals surface area contributed by atoms with Gasteiger partial charge in [0.25, 0.3) is 5.91 Å². The Hall–Kier alpha value is -3.07. The molecule has 0 radical (unpaired) electrons. The largest absolute Gasteiger partial charge is 0.337 e. The summed E-state index contributed by atoms with van der Waals surface area (Å²) < 4.78 is 30.1. The van der Waals surface area contributed by atoms with E-state index in [-0.39, 0.29) is 11.6 Å². The summed E-state index contributed by atoms with van der Waals surface area (Å²) in [6.45, 7) is 2.82. The van der Waals surface area contributed by atoms with Crippen LogP contribution in [0.2, 0.25) is 0 Å². The predicted octanol–water partition coefficient (Wildman–Crippen LogP) is 1.72. The number of carbonyl (C=O) groups excluding carboxylic acids is 1. The van der Waals surface area contributed by atoms with Crippen LogP contribution < -0.4 is 5.32 Å². The van der Waals surface area contributed by atoms with E-state index in [1.54, 1.807) is 18.1 Å². The van der Waals surface area contributed by atoms with Gasteiger partial charge in [-0.25, -0.2) is 13.5 Å². The average molecular weight is 372 g/mol. The topological polar surface area (TPSA) is 68.0 Å². The summed E-state index contributed by atoms with van der Waals surface area (Å²) >= 11 is 0. The first-order chi connectivity index (χ1) is 13.0. The Labute approximate surface area is 154 Å². The molecule has 9 heteroatoms. The van der Waals surface area contributed by atoms with Crippen molar-refractivity contribution in [1.82, 2.24) is 29.8 Å². The van der Waals surface area contributed by atoms with E-state index in [2.05, 4.69) is 15.5 Å². The number of benzene rings is 1. The lowest BCUT2D eigenvalue weighted by Crippen LogP contribution is -2.30. The second kappa shape index (κ2) is 6.92. The molecule has 0 spiro atoms. The normalized spacial score (nSPS) is 13.4. The van der Waals surface area contributed by atoms with Gasteiger partial charge in [-0.1, -0.05) is 0 Å². The number of rotatable bonds is 4. The second-order valence-electron chi connectivity index (χ2n) is 6.45. The summed E-state index contributed by atoms with van der Waals surface area (Å²) in [6, 6.07) is 3.20. The van der Waals surface area contributed by atoms with Crippen molar-refractivity contribution in [3.8, 4) is 5.69 Å². The molecule has 1 amide bonds. The van der Waals surface area contributed by atoms with E-state index in [1.165, 1.54) is 23.1 Å². The van der Waals surface area contributed by atoms with Crippen molar-refractivity contribution in [3.05, 3.63) is 65.2 Å². The van der Waals surface area contributed by atoms with Crippen molar-refractivity contribution in [2.24, 2.45) is 0 Å². The summed E-state index contributed by atoms with van der Waals surface area (Å²) in [4.78, 5) is 14.3. The standard InChI is InChI=1S/C18H18F2N6O/c1-24(10-12-7-22-25-5-4-21-9-17(12)25)18(27)13-8-23-26(11-13)16-3-2-14(19)6-15(16)20/h2-3,6-8,11,21H,4-5,9-10H2,1H3. The van der Waals surface area contributed by atoms with Crippen LogP contribution >= 0.6 is 0 Å². The summed E-state index contributed by atoms with van der Waals surface area (Å²) in [6.07, 6.45) is 4.59.